The van der Waals surface area contributed by atoms with E-state index in [0.29, 0.717) is 6.54 Å². The minimum atomic E-state index is 0.119. The second-order valence-electron chi connectivity index (χ2n) is 4.22. The van der Waals surface area contributed by atoms with Gasteiger partial charge in [0.15, 0.2) is 0 Å². The van der Waals surface area contributed by atoms with E-state index in [1.807, 2.05) is 42.5 Å². The second kappa shape index (κ2) is 6.59. The number of rotatable bonds is 6. The van der Waals surface area contributed by atoms with Crippen LogP contribution in [0.5, 0.6) is 5.75 Å². The Morgan fingerprint density at radius 2 is 1.68 bits per heavy atom. The van der Waals surface area contributed by atoms with Gasteiger partial charge in [-0.1, -0.05) is 42.5 Å². The van der Waals surface area contributed by atoms with Gasteiger partial charge in [-0.25, -0.2) is 0 Å². The van der Waals surface area contributed by atoms with Crippen molar-refractivity contribution in [1.29, 1.82) is 0 Å². The molecule has 1 unspecified atom stereocenters. The molecule has 0 saturated heterocycles. The van der Waals surface area contributed by atoms with Crippen LogP contribution in [-0.2, 0) is 4.79 Å². The molecule has 2 aromatic rings. The first-order valence-corrected chi connectivity index (χ1v) is 6.14. The molecule has 0 spiro atoms. The quantitative estimate of drug-likeness (QED) is 0.804. The van der Waals surface area contributed by atoms with Crippen LogP contribution >= 0.6 is 0 Å². The van der Waals surface area contributed by atoms with E-state index >= 15 is 0 Å². The summed E-state index contributed by atoms with van der Waals surface area (Å²) in [5.41, 5.74) is 2.30. The van der Waals surface area contributed by atoms with Crippen LogP contribution in [-0.4, -0.2) is 20.1 Å². The van der Waals surface area contributed by atoms with Gasteiger partial charge in [-0.3, -0.25) is 4.79 Å². The van der Waals surface area contributed by atoms with Crippen LogP contribution in [0.3, 0.4) is 0 Å². The van der Waals surface area contributed by atoms with Crippen molar-refractivity contribution >= 4 is 6.41 Å². The van der Waals surface area contributed by atoms with Crippen LogP contribution in [0.2, 0.25) is 0 Å². The Morgan fingerprint density at radius 3 is 2.26 bits per heavy atom. The second-order valence-corrected chi connectivity index (χ2v) is 4.22. The normalized spacial score (nSPS) is 11.6. The Balaban J connectivity index is 2.28. The molecule has 0 bridgehead atoms. The van der Waals surface area contributed by atoms with Crippen molar-refractivity contribution < 1.29 is 9.53 Å². The summed E-state index contributed by atoms with van der Waals surface area (Å²) in [5.74, 6) is 0.944. The fourth-order valence-electron chi connectivity index (χ4n) is 2.09. The molecular weight excluding hydrogens is 238 g/mol. The van der Waals surface area contributed by atoms with Gasteiger partial charge in [0.25, 0.3) is 0 Å². The monoisotopic (exact) mass is 254 g/mol. The highest BCUT2D eigenvalue weighted by Crippen LogP contribution is 2.25. The van der Waals surface area contributed by atoms with Crippen LogP contribution in [0.15, 0.2) is 54.6 Å². The molecule has 3 heteroatoms. The molecule has 0 aliphatic rings. The Hall–Kier alpha value is -2.29. The van der Waals surface area contributed by atoms with Crippen LogP contribution in [0.1, 0.15) is 17.0 Å². The van der Waals surface area contributed by atoms with E-state index in [-0.39, 0.29) is 5.92 Å². The van der Waals surface area contributed by atoms with E-state index in [1.54, 1.807) is 13.5 Å². The summed E-state index contributed by atoms with van der Waals surface area (Å²) in [4.78, 5) is 10.4. The molecule has 1 amide bonds. The lowest BCUT2D eigenvalue weighted by Crippen LogP contribution is -2.20. The predicted octanol–water partition coefficient (Wildman–Crippen LogP) is 2.48. The van der Waals surface area contributed by atoms with Crippen LogP contribution in [0, 0.1) is 0 Å². The average molecular weight is 254 g/mol. The predicted molar refractivity (Wildman–Crippen MR) is 75.0 cm³/mol. The lowest BCUT2D eigenvalue weighted by atomic mass is 9.91. The maximum atomic E-state index is 10.4. The SMILES string of the molecule is COc1ccc(C(CN[C]=O)c2ccccc2)cc1. The van der Waals surface area contributed by atoms with Gasteiger partial charge in [0, 0.05) is 12.5 Å². The summed E-state index contributed by atoms with van der Waals surface area (Å²) < 4.78 is 5.16. The standard InChI is InChI=1S/C16H16NO2/c1-19-15-9-7-14(8-10-15)16(11-17-12-18)13-5-3-2-4-6-13/h2-10,16H,11H2,1H3,(H,17,18). The van der Waals surface area contributed by atoms with Gasteiger partial charge < -0.3 is 10.1 Å². The van der Waals surface area contributed by atoms with Crippen molar-refractivity contribution in [3.63, 3.8) is 0 Å². The van der Waals surface area contributed by atoms with E-state index in [0.717, 1.165) is 16.9 Å². The van der Waals surface area contributed by atoms with E-state index in [1.165, 1.54) is 0 Å². The van der Waals surface area contributed by atoms with E-state index < -0.39 is 0 Å². The molecule has 3 nitrogen and oxygen atoms in total. The molecule has 2 aromatic carbocycles. The summed E-state index contributed by atoms with van der Waals surface area (Å²) in [6, 6.07) is 18.0. The van der Waals surface area contributed by atoms with Gasteiger partial charge in [0.2, 0.25) is 0 Å². The fourth-order valence-corrected chi connectivity index (χ4v) is 2.09. The van der Waals surface area contributed by atoms with Crippen molar-refractivity contribution in [2.45, 2.75) is 5.92 Å². The highest BCUT2D eigenvalue weighted by molar-refractivity contribution is 5.48. The molecule has 1 atom stereocenters. The van der Waals surface area contributed by atoms with Crippen LogP contribution in [0.4, 0.5) is 0 Å². The zero-order valence-electron chi connectivity index (χ0n) is 10.8. The van der Waals surface area contributed by atoms with Gasteiger partial charge in [-0.2, -0.15) is 0 Å². The third kappa shape index (κ3) is 3.35. The molecule has 0 aliphatic heterocycles. The van der Waals surface area contributed by atoms with E-state index in [9.17, 15) is 4.79 Å². The zero-order chi connectivity index (χ0) is 13.5. The number of carbonyl (C=O) groups excluding carboxylic acids is 1. The Labute approximate surface area is 113 Å². The largest absolute Gasteiger partial charge is 0.497 e. The third-order valence-corrected chi connectivity index (χ3v) is 3.10. The maximum absolute atomic E-state index is 10.4. The minimum Gasteiger partial charge on any atom is -0.497 e. The molecule has 0 fully saturated rings. The van der Waals surface area contributed by atoms with Crippen molar-refractivity contribution in [1.82, 2.24) is 5.32 Å². The lowest BCUT2D eigenvalue weighted by Gasteiger charge is -2.17. The molecule has 2 rings (SSSR count). The Morgan fingerprint density at radius 1 is 1.05 bits per heavy atom. The third-order valence-electron chi connectivity index (χ3n) is 3.10. The number of methoxy groups -OCH3 is 1. The summed E-state index contributed by atoms with van der Waals surface area (Å²) in [7, 11) is 1.65. The summed E-state index contributed by atoms with van der Waals surface area (Å²) in [6.07, 6.45) is 1.74. The first kappa shape index (κ1) is 13.1. The summed E-state index contributed by atoms with van der Waals surface area (Å²) in [5, 5.41) is 2.64. The number of nitrogens with one attached hydrogen (secondary N) is 1. The van der Waals surface area contributed by atoms with E-state index in [4.69, 9.17) is 4.74 Å². The fraction of sp³-hybridized carbons (Fsp3) is 0.188. The molecule has 1 radical (unpaired) electrons. The lowest BCUT2D eigenvalue weighted by molar-refractivity contribution is 0.414. The topological polar surface area (TPSA) is 38.3 Å². The van der Waals surface area contributed by atoms with Gasteiger partial charge in [-0.15, -0.1) is 0 Å². The highest BCUT2D eigenvalue weighted by Gasteiger charge is 2.13. The van der Waals surface area contributed by atoms with Crippen molar-refractivity contribution in [3.8, 4) is 5.75 Å². The smallest absolute Gasteiger partial charge is 0.309 e. The molecule has 97 valence electrons. The highest BCUT2D eigenvalue weighted by atomic mass is 16.5. The van der Waals surface area contributed by atoms with Gasteiger partial charge in [-0.05, 0) is 23.3 Å². The minimum absolute atomic E-state index is 0.119. The number of ether oxygens (including phenoxy) is 1. The van der Waals surface area contributed by atoms with Crippen LogP contribution in [0.25, 0.3) is 0 Å². The van der Waals surface area contributed by atoms with Gasteiger partial charge >= 0.3 is 6.41 Å². The molecule has 0 aliphatic carbocycles. The molecular formula is C16H16NO2. The summed E-state index contributed by atoms with van der Waals surface area (Å²) in [6.45, 7) is 0.528. The number of hydrogen-bond donors (Lipinski definition) is 1. The molecule has 0 aromatic heterocycles. The number of amides is 1. The van der Waals surface area contributed by atoms with Gasteiger partial charge in [0.1, 0.15) is 5.75 Å². The number of hydrogen-bond acceptors (Lipinski definition) is 2. The Bertz CT molecular complexity index is 508. The maximum Gasteiger partial charge on any atom is 0.309 e. The zero-order valence-corrected chi connectivity index (χ0v) is 10.8. The van der Waals surface area contributed by atoms with Crippen molar-refractivity contribution in [2.24, 2.45) is 0 Å². The van der Waals surface area contributed by atoms with Gasteiger partial charge in [0.05, 0.1) is 7.11 Å². The first-order valence-electron chi connectivity index (χ1n) is 6.14. The average Bonchev–Trinajstić information content (AvgIpc) is 2.49. The molecule has 1 N–H and O–H groups in total. The van der Waals surface area contributed by atoms with Crippen LogP contribution < -0.4 is 10.1 Å². The molecule has 0 saturated carbocycles. The number of benzene rings is 2. The summed E-state index contributed by atoms with van der Waals surface area (Å²) >= 11 is 0. The van der Waals surface area contributed by atoms with Crippen molar-refractivity contribution in [3.05, 3.63) is 65.7 Å². The van der Waals surface area contributed by atoms with Crippen molar-refractivity contribution in [2.75, 3.05) is 13.7 Å². The Kier molecular flexibility index (Phi) is 4.56. The molecule has 0 heterocycles. The molecule has 19 heavy (non-hydrogen) atoms. The van der Waals surface area contributed by atoms with E-state index in [2.05, 4.69) is 17.4 Å². The first-order chi connectivity index (χ1) is 9.35.